The van der Waals surface area contributed by atoms with Crippen LogP contribution in [0.25, 0.3) is 12.2 Å². The van der Waals surface area contributed by atoms with Gasteiger partial charge in [-0.25, -0.2) is 0 Å². The molecule has 0 N–H and O–H groups in total. The van der Waals surface area contributed by atoms with Gasteiger partial charge in [0.25, 0.3) is 0 Å². The van der Waals surface area contributed by atoms with Crippen molar-refractivity contribution >= 4 is 12.2 Å². The van der Waals surface area contributed by atoms with Gasteiger partial charge in [-0.05, 0) is 58.1 Å². The first kappa shape index (κ1) is 16.8. The van der Waals surface area contributed by atoms with E-state index in [1.165, 1.54) is 35.1 Å². The fourth-order valence-corrected chi connectivity index (χ4v) is 3.62. The van der Waals surface area contributed by atoms with Crippen LogP contribution in [-0.2, 0) is 10.8 Å². The average molecular weight is 320 g/mol. The van der Waals surface area contributed by atoms with Gasteiger partial charge in [0, 0.05) is 0 Å². The summed E-state index contributed by atoms with van der Waals surface area (Å²) in [5.74, 6) is 0.893. The van der Waals surface area contributed by atoms with E-state index in [-0.39, 0.29) is 10.8 Å². The maximum absolute atomic E-state index is 5.21. The van der Waals surface area contributed by atoms with Crippen molar-refractivity contribution in [2.24, 2.45) is 0 Å². The summed E-state index contributed by atoms with van der Waals surface area (Å²) in [5, 5.41) is 0. The molecule has 2 aromatic carbocycles. The van der Waals surface area contributed by atoms with Crippen molar-refractivity contribution in [2.75, 3.05) is 7.11 Å². The van der Waals surface area contributed by atoms with E-state index in [4.69, 9.17) is 4.74 Å². The number of methoxy groups -OCH3 is 1. The molecule has 126 valence electrons. The highest BCUT2D eigenvalue weighted by molar-refractivity contribution is 5.70. The standard InChI is InChI=1S/C23H28O/c1-22(2)14-15-23(3,4)21-16-18(10-13-20(21)22)7-6-17-8-11-19(24-5)12-9-17/h6-13,16H,14-15H2,1-5H3/b7-6+. The Morgan fingerprint density at radius 1 is 0.750 bits per heavy atom. The lowest BCUT2D eigenvalue weighted by atomic mass is 9.63. The fraction of sp³-hybridized carbons (Fsp3) is 0.391. The monoisotopic (exact) mass is 320 g/mol. The second-order valence-corrected chi connectivity index (χ2v) is 8.18. The largest absolute Gasteiger partial charge is 0.497 e. The predicted octanol–water partition coefficient (Wildman–Crippen LogP) is 6.21. The molecule has 1 heteroatoms. The molecule has 1 nitrogen and oxygen atoms in total. The molecule has 0 saturated heterocycles. The van der Waals surface area contributed by atoms with E-state index in [2.05, 4.69) is 70.2 Å². The third-order valence-electron chi connectivity index (χ3n) is 5.46. The van der Waals surface area contributed by atoms with Crippen LogP contribution in [0.4, 0.5) is 0 Å². The Labute approximate surface area is 146 Å². The van der Waals surface area contributed by atoms with Crippen LogP contribution in [0, 0.1) is 0 Å². The lowest BCUT2D eigenvalue weighted by Gasteiger charge is -2.42. The van der Waals surface area contributed by atoms with E-state index in [1.807, 2.05) is 12.1 Å². The SMILES string of the molecule is COc1ccc(/C=C/c2ccc3c(c2)C(C)(C)CCC3(C)C)cc1. The first-order chi connectivity index (χ1) is 11.3. The zero-order valence-corrected chi connectivity index (χ0v) is 15.5. The van der Waals surface area contributed by atoms with E-state index < -0.39 is 0 Å². The van der Waals surface area contributed by atoms with Crippen LogP contribution in [0.5, 0.6) is 5.75 Å². The van der Waals surface area contributed by atoms with Crippen molar-refractivity contribution in [1.29, 1.82) is 0 Å². The third kappa shape index (κ3) is 3.26. The van der Waals surface area contributed by atoms with E-state index in [0.29, 0.717) is 0 Å². The summed E-state index contributed by atoms with van der Waals surface area (Å²) in [4.78, 5) is 0. The summed E-state index contributed by atoms with van der Waals surface area (Å²) in [6, 6.07) is 15.1. The Bertz CT molecular complexity index is 748. The minimum absolute atomic E-state index is 0.259. The first-order valence-corrected chi connectivity index (χ1v) is 8.79. The molecule has 0 unspecified atom stereocenters. The number of benzene rings is 2. The van der Waals surface area contributed by atoms with Crippen LogP contribution in [-0.4, -0.2) is 7.11 Å². The second-order valence-electron chi connectivity index (χ2n) is 8.18. The molecule has 0 heterocycles. The first-order valence-electron chi connectivity index (χ1n) is 8.79. The van der Waals surface area contributed by atoms with Gasteiger partial charge < -0.3 is 4.74 Å². The number of rotatable bonds is 3. The summed E-state index contributed by atoms with van der Waals surface area (Å²) < 4.78 is 5.21. The number of hydrogen-bond acceptors (Lipinski definition) is 1. The summed E-state index contributed by atoms with van der Waals surface area (Å²) in [6.07, 6.45) is 6.88. The van der Waals surface area contributed by atoms with Crippen LogP contribution in [0.15, 0.2) is 42.5 Å². The minimum atomic E-state index is 0.259. The molecule has 0 spiro atoms. The van der Waals surface area contributed by atoms with Crippen LogP contribution in [0.2, 0.25) is 0 Å². The number of fused-ring (bicyclic) bond motifs is 1. The molecule has 2 aromatic rings. The van der Waals surface area contributed by atoms with Crippen LogP contribution in [0.3, 0.4) is 0 Å². The molecule has 0 fully saturated rings. The second kappa shape index (κ2) is 6.12. The number of hydrogen-bond donors (Lipinski definition) is 0. The maximum Gasteiger partial charge on any atom is 0.118 e. The van der Waals surface area contributed by atoms with E-state index in [9.17, 15) is 0 Å². The molecule has 1 aliphatic carbocycles. The molecule has 0 bridgehead atoms. The molecule has 0 radical (unpaired) electrons. The Morgan fingerprint density at radius 3 is 1.92 bits per heavy atom. The summed E-state index contributed by atoms with van der Waals surface area (Å²) in [6.45, 7) is 9.48. The molecule has 0 aromatic heterocycles. The van der Waals surface area contributed by atoms with Crippen molar-refractivity contribution in [3.8, 4) is 5.75 Å². The van der Waals surface area contributed by atoms with Crippen LogP contribution in [0.1, 0.15) is 62.8 Å². The average Bonchev–Trinajstić information content (AvgIpc) is 2.58. The van der Waals surface area contributed by atoms with Gasteiger partial charge in [0.2, 0.25) is 0 Å². The smallest absolute Gasteiger partial charge is 0.118 e. The van der Waals surface area contributed by atoms with E-state index >= 15 is 0 Å². The van der Waals surface area contributed by atoms with Gasteiger partial charge >= 0.3 is 0 Å². The highest BCUT2D eigenvalue weighted by atomic mass is 16.5. The van der Waals surface area contributed by atoms with Crippen molar-refractivity contribution < 1.29 is 4.74 Å². The fourth-order valence-electron chi connectivity index (χ4n) is 3.62. The van der Waals surface area contributed by atoms with E-state index in [1.54, 1.807) is 7.11 Å². The quantitative estimate of drug-likeness (QED) is 0.610. The molecular formula is C23H28O. The highest BCUT2D eigenvalue weighted by Crippen LogP contribution is 2.45. The van der Waals surface area contributed by atoms with Gasteiger partial charge in [-0.2, -0.15) is 0 Å². The molecule has 0 amide bonds. The van der Waals surface area contributed by atoms with Gasteiger partial charge in [-0.15, -0.1) is 0 Å². The van der Waals surface area contributed by atoms with Gasteiger partial charge in [-0.3, -0.25) is 0 Å². The van der Waals surface area contributed by atoms with Crippen molar-refractivity contribution in [1.82, 2.24) is 0 Å². The Morgan fingerprint density at radius 2 is 1.29 bits per heavy atom. The Hall–Kier alpha value is -2.02. The highest BCUT2D eigenvalue weighted by Gasteiger charge is 2.36. The van der Waals surface area contributed by atoms with Gasteiger partial charge in [0.1, 0.15) is 5.75 Å². The lowest BCUT2D eigenvalue weighted by molar-refractivity contribution is 0.332. The molecular weight excluding hydrogens is 292 g/mol. The van der Waals surface area contributed by atoms with Crippen molar-refractivity contribution in [3.05, 3.63) is 64.7 Å². The zero-order chi connectivity index (χ0) is 17.4. The van der Waals surface area contributed by atoms with Crippen LogP contribution >= 0.6 is 0 Å². The van der Waals surface area contributed by atoms with Crippen molar-refractivity contribution in [3.63, 3.8) is 0 Å². The third-order valence-corrected chi connectivity index (χ3v) is 5.46. The molecule has 1 aliphatic rings. The summed E-state index contributed by atoms with van der Waals surface area (Å²) >= 11 is 0. The van der Waals surface area contributed by atoms with Gasteiger partial charge in [0.15, 0.2) is 0 Å². The van der Waals surface area contributed by atoms with Crippen molar-refractivity contribution in [2.45, 2.75) is 51.4 Å². The lowest BCUT2D eigenvalue weighted by Crippen LogP contribution is -2.33. The van der Waals surface area contributed by atoms with E-state index in [0.717, 1.165) is 5.75 Å². The molecule has 24 heavy (non-hydrogen) atoms. The Balaban J connectivity index is 1.91. The zero-order valence-electron chi connectivity index (χ0n) is 15.5. The maximum atomic E-state index is 5.21. The molecule has 3 rings (SSSR count). The predicted molar refractivity (Wildman–Crippen MR) is 104 cm³/mol. The van der Waals surface area contributed by atoms with Gasteiger partial charge in [0.05, 0.1) is 7.11 Å². The normalized spacial score (nSPS) is 18.4. The summed E-state index contributed by atoms with van der Waals surface area (Å²) in [5.41, 5.74) is 6.03. The van der Waals surface area contributed by atoms with Gasteiger partial charge in [-0.1, -0.05) is 70.2 Å². The topological polar surface area (TPSA) is 9.23 Å². The number of ether oxygens (including phenoxy) is 1. The molecule has 0 saturated carbocycles. The summed E-state index contributed by atoms with van der Waals surface area (Å²) in [7, 11) is 1.70. The minimum Gasteiger partial charge on any atom is -0.497 e. The molecule has 0 aliphatic heterocycles. The Kier molecular flexibility index (Phi) is 4.29. The van der Waals surface area contributed by atoms with Crippen LogP contribution < -0.4 is 4.74 Å². The molecule has 0 atom stereocenters.